The number of aromatic nitrogens is 1. The number of pyridine rings is 1. The minimum Gasteiger partial charge on any atom is -0.392 e. The standard InChI is InChI=1S/C13H20N2OS/c1-9-6-12(8-16)7-13(14-9)15-4-5-17-11(3)10(15)2/h6-7,10-11,16H,4-5,8H2,1-3H3. The summed E-state index contributed by atoms with van der Waals surface area (Å²) in [5.74, 6) is 2.16. The molecule has 2 heterocycles. The number of nitrogens with zero attached hydrogens (tertiary/aromatic N) is 2. The second-order valence-corrected chi connectivity index (χ2v) is 6.13. The lowest BCUT2D eigenvalue weighted by atomic mass is 10.1. The van der Waals surface area contributed by atoms with E-state index in [-0.39, 0.29) is 6.61 Å². The number of rotatable bonds is 2. The number of aliphatic hydroxyl groups is 1. The Bertz CT molecular complexity index is 397. The second-order valence-electron chi connectivity index (χ2n) is 4.64. The van der Waals surface area contributed by atoms with Crippen molar-refractivity contribution in [1.82, 2.24) is 4.98 Å². The van der Waals surface area contributed by atoms with Gasteiger partial charge in [-0.05, 0) is 31.5 Å². The molecule has 0 amide bonds. The number of aliphatic hydroxyl groups excluding tert-OH is 1. The SMILES string of the molecule is Cc1cc(CO)cc(N2CCSC(C)C2C)n1. The molecule has 0 bridgehead atoms. The molecule has 1 N–H and O–H groups in total. The van der Waals surface area contributed by atoms with Gasteiger partial charge in [0.15, 0.2) is 0 Å². The predicted molar refractivity (Wildman–Crippen MR) is 73.6 cm³/mol. The summed E-state index contributed by atoms with van der Waals surface area (Å²) in [6.07, 6.45) is 0. The van der Waals surface area contributed by atoms with Gasteiger partial charge in [0.05, 0.1) is 6.61 Å². The molecular formula is C13H20N2OS. The van der Waals surface area contributed by atoms with Crippen molar-refractivity contribution in [3.63, 3.8) is 0 Å². The Morgan fingerprint density at radius 2 is 2.24 bits per heavy atom. The van der Waals surface area contributed by atoms with Gasteiger partial charge in [-0.2, -0.15) is 11.8 Å². The van der Waals surface area contributed by atoms with E-state index >= 15 is 0 Å². The van der Waals surface area contributed by atoms with Gasteiger partial charge in [0.2, 0.25) is 0 Å². The third-order valence-electron chi connectivity index (χ3n) is 3.36. The summed E-state index contributed by atoms with van der Waals surface area (Å²) >= 11 is 2.02. The number of hydrogen-bond donors (Lipinski definition) is 1. The molecule has 1 saturated heterocycles. The highest BCUT2D eigenvalue weighted by Gasteiger charge is 2.26. The smallest absolute Gasteiger partial charge is 0.129 e. The maximum atomic E-state index is 9.25. The van der Waals surface area contributed by atoms with Crippen molar-refractivity contribution in [2.75, 3.05) is 17.2 Å². The fourth-order valence-corrected chi connectivity index (χ4v) is 3.32. The van der Waals surface area contributed by atoms with Crippen molar-refractivity contribution in [3.8, 4) is 0 Å². The first kappa shape index (κ1) is 12.7. The van der Waals surface area contributed by atoms with Gasteiger partial charge < -0.3 is 10.0 Å². The van der Waals surface area contributed by atoms with Crippen LogP contribution >= 0.6 is 11.8 Å². The summed E-state index contributed by atoms with van der Waals surface area (Å²) in [7, 11) is 0. The maximum Gasteiger partial charge on any atom is 0.129 e. The largest absolute Gasteiger partial charge is 0.392 e. The molecule has 1 aliphatic rings. The quantitative estimate of drug-likeness (QED) is 0.875. The van der Waals surface area contributed by atoms with E-state index in [2.05, 4.69) is 23.7 Å². The van der Waals surface area contributed by atoms with Gasteiger partial charge in [-0.25, -0.2) is 4.98 Å². The Balaban J connectivity index is 2.29. The van der Waals surface area contributed by atoms with E-state index in [4.69, 9.17) is 0 Å². The molecule has 0 radical (unpaired) electrons. The van der Waals surface area contributed by atoms with Crippen LogP contribution in [0.15, 0.2) is 12.1 Å². The van der Waals surface area contributed by atoms with Crippen LogP contribution in [0.3, 0.4) is 0 Å². The molecule has 0 aliphatic carbocycles. The minimum absolute atomic E-state index is 0.0862. The van der Waals surface area contributed by atoms with E-state index in [1.54, 1.807) is 0 Å². The van der Waals surface area contributed by atoms with Crippen LogP contribution in [0.2, 0.25) is 0 Å². The number of anilines is 1. The van der Waals surface area contributed by atoms with Crippen molar-refractivity contribution in [2.45, 2.75) is 38.7 Å². The summed E-state index contributed by atoms with van der Waals surface area (Å²) in [6.45, 7) is 7.62. The Kier molecular flexibility index (Phi) is 3.94. The summed E-state index contributed by atoms with van der Waals surface area (Å²) in [6, 6.07) is 4.44. The van der Waals surface area contributed by atoms with Crippen molar-refractivity contribution in [3.05, 3.63) is 23.4 Å². The van der Waals surface area contributed by atoms with E-state index in [1.165, 1.54) is 0 Å². The van der Waals surface area contributed by atoms with Gasteiger partial charge >= 0.3 is 0 Å². The van der Waals surface area contributed by atoms with Crippen molar-refractivity contribution >= 4 is 17.6 Å². The minimum atomic E-state index is 0.0862. The topological polar surface area (TPSA) is 36.4 Å². The molecule has 0 aromatic carbocycles. The molecule has 0 saturated carbocycles. The molecule has 1 aromatic heterocycles. The summed E-state index contributed by atoms with van der Waals surface area (Å²) in [5.41, 5.74) is 1.93. The van der Waals surface area contributed by atoms with E-state index in [0.717, 1.165) is 29.4 Å². The molecule has 1 aliphatic heterocycles. The lowest BCUT2D eigenvalue weighted by molar-refractivity contribution is 0.281. The third-order valence-corrected chi connectivity index (χ3v) is 4.70. The third kappa shape index (κ3) is 2.75. The van der Waals surface area contributed by atoms with Crippen LogP contribution in [0, 0.1) is 6.92 Å². The zero-order valence-corrected chi connectivity index (χ0v) is 11.5. The first-order valence-electron chi connectivity index (χ1n) is 6.08. The molecule has 2 unspecified atom stereocenters. The first-order chi connectivity index (χ1) is 8.11. The molecule has 2 atom stereocenters. The molecule has 17 heavy (non-hydrogen) atoms. The van der Waals surface area contributed by atoms with Crippen LogP contribution < -0.4 is 4.90 Å². The van der Waals surface area contributed by atoms with Crippen molar-refractivity contribution in [1.29, 1.82) is 0 Å². The van der Waals surface area contributed by atoms with Gasteiger partial charge in [0.1, 0.15) is 5.82 Å². The van der Waals surface area contributed by atoms with Crippen LogP contribution in [0.4, 0.5) is 5.82 Å². The van der Waals surface area contributed by atoms with Crippen LogP contribution in [0.25, 0.3) is 0 Å². The van der Waals surface area contributed by atoms with E-state index in [1.807, 2.05) is 30.8 Å². The van der Waals surface area contributed by atoms with Gasteiger partial charge in [-0.15, -0.1) is 0 Å². The summed E-state index contributed by atoms with van der Waals surface area (Å²) in [5, 5.41) is 9.88. The Labute approximate surface area is 107 Å². The highest BCUT2D eigenvalue weighted by molar-refractivity contribution is 8.00. The fourth-order valence-electron chi connectivity index (χ4n) is 2.22. The molecule has 2 rings (SSSR count). The van der Waals surface area contributed by atoms with E-state index < -0.39 is 0 Å². The normalized spacial score (nSPS) is 25.1. The van der Waals surface area contributed by atoms with Gasteiger partial charge in [0.25, 0.3) is 0 Å². The Morgan fingerprint density at radius 3 is 2.94 bits per heavy atom. The van der Waals surface area contributed by atoms with E-state index in [0.29, 0.717) is 11.3 Å². The van der Waals surface area contributed by atoms with Gasteiger partial charge in [-0.1, -0.05) is 6.92 Å². The summed E-state index contributed by atoms with van der Waals surface area (Å²) < 4.78 is 0. The monoisotopic (exact) mass is 252 g/mol. The lowest BCUT2D eigenvalue weighted by Crippen LogP contribution is -2.45. The zero-order chi connectivity index (χ0) is 12.4. The average molecular weight is 252 g/mol. The summed E-state index contributed by atoms with van der Waals surface area (Å²) in [4.78, 5) is 6.95. The number of aryl methyl sites for hydroxylation is 1. The fraction of sp³-hybridized carbons (Fsp3) is 0.615. The Morgan fingerprint density at radius 1 is 1.47 bits per heavy atom. The van der Waals surface area contributed by atoms with Crippen LogP contribution in [-0.2, 0) is 6.61 Å². The molecule has 3 nitrogen and oxygen atoms in total. The molecule has 0 spiro atoms. The number of hydrogen-bond acceptors (Lipinski definition) is 4. The number of thioether (sulfide) groups is 1. The van der Waals surface area contributed by atoms with Gasteiger partial charge in [-0.3, -0.25) is 0 Å². The van der Waals surface area contributed by atoms with Crippen molar-refractivity contribution in [2.24, 2.45) is 0 Å². The molecule has 1 aromatic rings. The zero-order valence-electron chi connectivity index (χ0n) is 10.7. The molecule has 4 heteroatoms. The van der Waals surface area contributed by atoms with Crippen LogP contribution in [0.5, 0.6) is 0 Å². The maximum absolute atomic E-state index is 9.25. The predicted octanol–water partition coefficient (Wildman–Crippen LogP) is 2.21. The van der Waals surface area contributed by atoms with Crippen molar-refractivity contribution < 1.29 is 5.11 Å². The second kappa shape index (κ2) is 5.27. The average Bonchev–Trinajstić information content (AvgIpc) is 2.31. The lowest BCUT2D eigenvalue weighted by Gasteiger charge is -2.38. The molecular weight excluding hydrogens is 232 g/mol. The van der Waals surface area contributed by atoms with Gasteiger partial charge in [0, 0.05) is 29.3 Å². The highest BCUT2D eigenvalue weighted by atomic mass is 32.2. The van der Waals surface area contributed by atoms with E-state index in [9.17, 15) is 5.11 Å². The molecule has 1 fully saturated rings. The Hall–Kier alpha value is -0.740. The molecule has 94 valence electrons. The van der Waals surface area contributed by atoms with Crippen LogP contribution in [-0.4, -0.2) is 33.7 Å². The highest BCUT2D eigenvalue weighted by Crippen LogP contribution is 2.28. The first-order valence-corrected chi connectivity index (χ1v) is 7.13. The van der Waals surface area contributed by atoms with Crippen LogP contribution in [0.1, 0.15) is 25.1 Å².